The third-order valence-electron chi connectivity index (χ3n) is 4.68. The van der Waals surface area contributed by atoms with Crippen LogP contribution in [0.15, 0.2) is 42.5 Å². The van der Waals surface area contributed by atoms with E-state index in [1.807, 2.05) is 19.1 Å². The summed E-state index contributed by atoms with van der Waals surface area (Å²) in [6.07, 6.45) is 0. The predicted octanol–water partition coefficient (Wildman–Crippen LogP) is 3.32. The van der Waals surface area contributed by atoms with Crippen LogP contribution < -0.4 is 4.90 Å². The summed E-state index contributed by atoms with van der Waals surface area (Å²) < 4.78 is 13.8. The molecule has 0 aromatic heterocycles. The van der Waals surface area contributed by atoms with Crippen molar-refractivity contribution in [2.45, 2.75) is 26.8 Å². The van der Waals surface area contributed by atoms with E-state index in [1.165, 1.54) is 6.07 Å². The van der Waals surface area contributed by atoms with Crippen molar-refractivity contribution in [3.63, 3.8) is 0 Å². The van der Waals surface area contributed by atoms with E-state index < -0.39 is 6.04 Å². The maximum absolute atomic E-state index is 13.8. The molecular weight excluding hydrogens is 319 g/mol. The van der Waals surface area contributed by atoms with Gasteiger partial charge in [-0.2, -0.15) is 0 Å². The van der Waals surface area contributed by atoms with Gasteiger partial charge >= 0.3 is 0 Å². The summed E-state index contributed by atoms with van der Waals surface area (Å²) in [7, 11) is 0. The van der Waals surface area contributed by atoms with Gasteiger partial charge in [-0.1, -0.05) is 23.8 Å². The number of hydrogen-bond donors (Lipinski definition) is 0. The molecule has 1 atom stereocenters. The lowest BCUT2D eigenvalue weighted by Gasteiger charge is -2.39. The highest BCUT2D eigenvalue weighted by Gasteiger charge is 2.35. The third kappa shape index (κ3) is 3.27. The van der Waals surface area contributed by atoms with Crippen LogP contribution in [0.4, 0.5) is 10.1 Å². The lowest BCUT2D eigenvalue weighted by Crippen LogP contribution is -2.57. The molecule has 0 unspecified atom stereocenters. The number of nitrogens with zero attached hydrogens (tertiary/aromatic N) is 2. The molecule has 2 aromatic rings. The average molecular weight is 340 g/mol. The summed E-state index contributed by atoms with van der Waals surface area (Å²) in [5.74, 6) is -0.693. The first-order valence-corrected chi connectivity index (χ1v) is 8.33. The topological polar surface area (TPSA) is 40.6 Å². The molecule has 130 valence electrons. The molecule has 3 rings (SSSR count). The van der Waals surface area contributed by atoms with Crippen LogP contribution in [0.1, 0.15) is 28.4 Å². The average Bonchev–Trinajstić information content (AvgIpc) is 2.60. The molecule has 1 saturated heterocycles. The molecule has 25 heavy (non-hydrogen) atoms. The lowest BCUT2D eigenvalue weighted by molar-refractivity contribution is -0.124. The smallest absolute Gasteiger partial charge is 0.254 e. The van der Waals surface area contributed by atoms with E-state index >= 15 is 0 Å². The van der Waals surface area contributed by atoms with Gasteiger partial charge in [0.1, 0.15) is 11.9 Å². The van der Waals surface area contributed by atoms with E-state index in [-0.39, 0.29) is 17.6 Å². The fraction of sp³-hybridized carbons (Fsp3) is 0.300. The SMILES string of the molecule is Cc1ccc(C(=O)N2CCN(c3ccc(C)c(F)c3)C(=O)[C@H]2C)cc1. The summed E-state index contributed by atoms with van der Waals surface area (Å²) in [5.41, 5.74) is 2.71. The Morgan fingerprint density at radius 2 is 1.76 bits per heavy atom. The summed E-state index contributed by atoms with van der Waals surface area (Å²) >= 11 is 0. The molecule has 0 radical (unpaired) electrons. The fourth-order valence-electron chi connectivity index (χ4n) is 3.02. The molecule has 0 spiro atoms. The van der Waals surface area contributed by atoms with Crippen molar-refractivity contribution < 1.29 is 14.0 Å². The largest absolute Gasteiger partial charge is 0.325 e. The van der Waals surface area contributed by atoms with Gasteiger partial charge < -0.3 is 9.80 Å². The number of aryl methyl sites for hydroxylation is 2. The van der Waals surface area contributed by atoms with Crippen LogP contribution in [0.3, 0.4) is 0 Å². The Labute approximate surface area is 146 Å². The molecule has 0 saturated carbocycles. The van der Waals surface area contributed by atoms with E-state index in [9.17, 15) is 14.0 Å². The number of carbonyl (C=O) groups excluding carboxylic acids is 2. The predicted molar refractivity (Wildman–Crippen MR) is 95.2 cm³/mol. The van der Waals surface area contributed by atoms with Crippen LogP contribution in [0.25, 0.3) is 0 Å². The van der Waals surface area contributed by atoms with Gasteiger partial charge in [-0.15, -0.1) is 0 Å². The number of benzene rings is 2. The highest BCUT2D eigenvalue weighted by Crippen LogP contribution is 2.23. The normalized spacial score (nSPS) is 17.8. The molecule has 4 nitrogen and oxygen atoms in total. The minimum atomic E-state index is -0.591. The highest BCUT2D eigenvalue weighted by atomic mass is 19.1. The molecule has 0 N–H and O–H groups in total. The standard InChI is InChI=1S/C20H21FN2O2/c1-13-4-7-16(8-5-13)20(25)22-10-11-23(19(24)15(22)3)17-9-6-14(2)18(21)12-17/h4-9,12,15H,10-11H2,1-3H3/t15-/m1/s1. The van der Waals surface area contributed by atoms with Crippen molar-refractivity contribution in [3.05, 3.63) is 65.0 Å². The number of halogens is 1. The van der Waals surface area contributed by atoms with Crippen LogP contribution in [0.5, 0.6) is 0 Å². The third-order valence-corrected chi connectivity index (χ3v) is 4.68. The van der Waals surface area contributed by atoms with Crippen molar-refractivity contribution in [1.82, 2.24) is 4.90 Å². The first-order valence-electron chi connectivity index (χ1n) is 8.33. The molecular formula is C20H21FN2O2. The van der Waals surface area contributed by atoms with E-state index in [0.717, 1.165) is 5.56 Å². The summed E-state index contributed by atoms with van der Waals surface area (Å²) in [6, 6.07) is 11.5. The zero-order chi connectivity index (χ0) is 18.1. The second-order valence-corrected chi connectivity index (χ2v) is 6.46. The van der Waals surface area contributed by atoms with Gasteiger partial charge in [0.15, 0.2) is 0 Å². The lowest BCUT2D eigenvalue weighted by atomic mass is 10.1. The first kappa shape index (κ1) is 17.1. The van der Waals surface area contributed by atoms with Crippen molar-refractivity contribution in [3.8, 4) is 0 Å². The van der Waals surface area contributed by atoms with Gasteiger partial charge in [0.05, 0.1) is 0 Å². The maximum Gasteiger partial charge on any atom is 0.254 e. The van der Waals surface area contributed by atoms with Gasteiger partial charge in [0, 0.05) is 24.3 Å². The maximum atomic E-state index is 13.8. The van der Waals surface area contributed by atoms with E-state index in [1.54, 1.807) is 47.9 Å². The summed E-state index contributed by atoms with van der Waals surface area (Å²) in [6.45, 7) is 6.12. The Balaban J connectivity index is 1.80. The number of hydrogen-bond acceptors (Lipinski definition) is 2. The minimum absolute atomic E-state index is 0.157. The molecule has 2 amide bonds. The van der Waals surface area contributed by atoms with E-state index in [0.29, 0.717) is 29.9 Å². The highest BCUT2D eigenvalue weighted by molar-refractivity contribution is 6.03. The number of piperazine rings is 1. The Kier molecular flexibility index (Phi) is 4.57. The van der Waals surface area contributed by atoms with Crippen molar-refractivity contribution in [2.75, 3.05) is 18.0 Å². The van der Waals surface area contributed by atoms with E-state index in [2.05, 4.69) is 0 Å². The molecule has 1 aliphatic rings. The van der Waals surface area contributed by atoms with Gasteiger partial charge in [-0.05, 0) is 50.6 Å². The van der Waals surface area contributed by atoms with Gasteiger partial charge in [0.25, 0.3) is 5.91 Å². The minimum Gasteiger partial charge on any atom is -0.325 e. The molecule has 0 aliphatic carbocycles. The molecule has 1 aliphatic heterocycles. The van der Waals surface area contributed by atoms with Crippen LogP contribution in [-0.4, -0.2) is 35.8 Å². The number of amides is 2. The van der Waals surface area contributed by atoms with Gasteiger partial charge in [-0.25, -0.2) is 4.39 Å². The number of anilines is 1. The molecule has 5 heteroatoms. The van der Waals surface area contributed by atoms with Crippen molar-refractivity contribution >= 4 is 17.5 Å². The molecule has 1 fully saturated rings. The second-order valence-electron chi connectivity index (χ2n) is 6.46. The fourth-order valence-corrected chi connectivity index (χ4v) is 3.02. The zero-order valence-electron chi connectivity index (χ0n) is 14.6. The summed E-state index contributed by atoms with van der Waals surface area (Å²) in [4.78, 5) is 28.6. The van der Waals surface area contributed by atoms with Gasteiger partial charge in [0.2, 0.25) is 5.91 Å². The van der Waals surface area contributed by atoms with Crippen molar-refractivity contribution in [2.24, 2.45) is 0 Å². The Bertz CT molecular complexity index is 817. The monoisotopic (exact) mass is 340 g/mol. The second kappa shape index (κ2) is 6.67. The Hall–Kier alpha value is -2.69. The van der Waals surface area contributed by atoms with Crippen LogP contribution in [0.2, 0.25) is 0 Å². The zero-order valence-corrected chi connectivity index (χ0v) is 14.6. The Morgan fingerprint density at radius 3 is 2.40 bits per heavy atom. The number of carbonyl (C=O) groups is 2. The summed E-state index contributed by atoms with van der Waals surface area (Å²) in [5, 5.41) is 0. The molecule has 0 bridgehead atoms. The number of rotatable bonds is 2. The van der Waals surface area contributed by atoms with Crippen molar-refractivity contribution in [1.29, 1.82) is 0 Å². The quantitative estimate of drug-likeness (QED) is 0.841. The van der Waals surface area contributed by atoms with Crippen LogP contribution in [-0.2, 0) is 4.79 Å². The first-order chi connectivity index (χ1) is 11.9. The van der Waals surface area contributed by atoms with Gasteiger partial charge in [-0.3, -0.25) is 9.59 Å². The van der Waals surface area contributed by atoms with Crippen LogP contribution in [0, 0.1) is 19.7 Å². The Morgan fingerprint density at radius 1 is 1.08 bits per heavy atom. The molecule has 2 aromatic carbocycles. The van der Waals surface area contributed by atoms with Crippen LogP contribution >= 0.6 is 0 Å². The molecule has 1 heterocycles. The van der Waals surface area contributed by atoms with E-state index in [4.69, 9.17) is 0 Å².